The second-order valence-electron chi connectivity index (χ2n) is 7.55. The molecule has 0 spiro atoms. The Labute approximate surface area is 240 Å². The molecule has 0 bridgehead atoms. The van der Waals surface area contributed by atoms with Crippen molar-refractivity contribution in [3.63, 3.8) is 0 Å². The van der Waals surface area contributed by atoms with Crippen LogP contribution >= 0.6 is 55.1 Å². The maximum Gasteiger partial charge on any atom is 0.343 e. The molecule has 0 atom stereocenters. The molecule has 37 heavy (non-hydrogen) atoms. The highest BCUT2D eigenvalue weighted by Crippen LogP contribution is 2.33. The minimum Gasteiger partial charge on any atom is -0.423 e. The standard InChI is InChI=1S/C26H15Br2Cl2NO5S/c27-18-5-14-23(28)24(15-18)37(34,35)31(25(32)16-1-6-19(29)7-2-16)21-10-12-22(13-11-21)36-26(33)17-3-8-20(30)9-4-17/h1-15H. The lowest BCUT2D eigenvalue weighted by molar-refractivity contribution is 0.0734. The van der Waals surface area contributed by atoms with Gasteiger partial charge in [-0.1, -0.05) is 39.1 Å². The average Bonchev–Trinajstić information content (AvgIpc) is 2.87. The molecule has 0 fully saturated rings. The summed E-state index contributed by atoms with van der Waals surface area (Å²) >= 11 is 18.3. The Balaban J connectivity index is 1.72. The lowest BCUT2D eigenvalue weighted by atomic mass is 10.2. The summed E-state index contributed by atoms with van der Waals surface area (Å²) < 4.78 is 34.4. The first-order valence-electron chi connectivity index (χ1n) is 10.4. The molecule has 0 radical (unpaired) electrons. The fourth-order valence-corrected chi connectivity index (χ4v) is 6.38. The predicted octanol–water partition coefficient (Wildman–Crippen LogP) is 7.77. The number of sulfonamides is 1. The van der Waals surface area contributed by atoms with Crippen LogP contribution in [-0.4, -0.2) is 20.3 Å². The van der Waals surface area contributed by atoms with Crippen molar-refractivity contribution in [2.45, 2.75) is 4.90 Å². The van der Waals surface area contributed by atoms with Crippen LogP contribution in [0.4, 0.5) is 5.69 Å². The summed E-state index contributed by atoms with van der Waals surface area (Å²) in [6.07, 6.45) is 0. The molecule has 0 saturated heterocycles. The molecule has 4 aromatic carbocycles. The van der Waals surface area contributed by atoms with E-state index in [9.17, 15) is 18.0 Å². The monoisotopic (exact) mass is 681 g/mol. The number of ether oxygens (including phenoxy) is 1. The van der Waals surface area contributed by atoms with Gasteiger partial charge in [-0.15, -0.1) is 0 Å². The minimum atomic E-state index is -4.39. The van der Waals surface area contributed by atoms with Crippen molar-refractivity contribution < 1.29 is 22.7 Å². The van der Waals surface area contributed by atoms with Crippen LogP contribution in [0.3, 0.4) is 0 Å². The van der Waals surface area contributed by atoms with Gasteiger partial charge in [0.2, 0.25) is 0 Å². The molecule has 6 nitrogen and oxygen atoms in total. The molecule has 0 aliphatic rings. The van der Waals surface area contributed by atoms with E-state index in [1.165, 1.54) is 66.7 Å². The maximum absolute atomic E-state index is 13.8. The number of halogens is 4. The molecular formula is C26H15Br2Cl2NO5S. The number of carbonyl (C=O) groups excluding carboxylic acids is 2. The minimum absolute atomic E-state index is 0.0399. The molecule has 0 aromatic heterocycles. The molecule has 188 valence electrons. The lowest BCUT2D eigenvalue weighted by Crippen LogP contribution is -2.37. The van der Waals surface area contributed by atoms with E-state index in [0.29, 0.717) is 18.8 Å². The molecule has 0 aliphatic carbocycles. The zero-order valence-corrected chi connectivity index (χ0v) is 24.1. The normalized spacial score (nSPS) is 11.1. The molecule has 1 amide bonds. The number of amides is 1. The topological polar surface area (TPSA) is 80.8 Å². The van der Waals surface area contributed by atoms with Gasteiger partial charge in [0.25, 0.3) is 15.9 Å². The fraction of sp³-hybridized carbons (Fsp3) is 0. The fourth-order valence-electron chi connectivity index (χ4n) is 3.25. The number of benzene rings is 4. The van der Waals surface area contributed by atoms with Gasteiger partial charge in [0, 0.05) is 24.6 Å². The largest absolute Gasteiger partial charge is 0.423 e. The van der Waals surface area contributed by atoms with Gasteiger partial charge in [0.05, 0.1) is 11.3 Å². The van der Waals surface area contributed by atoms with Gasteiger partial charge >= 0.3 is 5.97 Å². The zero-order chi connectivity index (χ0) is 26.7. The van der Waals surface area contributed by atoms with Crippen LogP contribution < -0.4 is 9.04 Å². The number of esters is 1. The highest BCUT2D eigenvalue weighted by atomic mass is 79.9. The number of carbonyl (C=O) groups is 2. The third-order valence-electron chi connectivity index (χ3n) is 5.05. The van der Waals surface area contributed by atoms with Gasteiger partial charge in [-0.3, -0.25) is 4.79 Å². The van der Waals surface area contributed by atoms with Crippen LogP contribution in [0.25, 0.3) is 0 Å². The number of rotatable bonds is 6. The van der Waals surface area contributed by atoms with Gasteiger partial charge in [0.15, 0.2) is 0 Å². The smallest absolute Gasteiger partial charge is 0.343 e. The molecule has 0 unspecified atom stereocenters. The third-order valence-corrected chi connectivity index (χ3v) is 8.75. The molecule has 4 rings (SSSR count). The van der Waals surface area contributed by atoms with E-state index in [-0.39, 0.29) is 31.9 Å². The van der Waals surface area contributed by atoms with Gasteiger partial charge in [-0.2, -0.15) is 4.31 Å². The van der Waals surface area contributed by atoms with Crippen molar-refractivity contribution in [3.05, 3.63) is 121 Å². The molecular weight excluding hydrogens is 669 g/mol. The summed E-state index contributed by atoms with van der Waals surface area (Å²) in [4.78, 5) is 25.8. The van der Waals surface area contributed by atoms with Crippen LogP contribution in [0.2, 0.25) is 10.0 Å². The van der Waals surface area contributed by atoms with Crippen LogP contribution in [0.15, 0.2) is 105 Å². The molecule has 0 heterocycles. The van der Waals surface area contributed by atoms with Crippen molar-refractivity contribution in [2.24, 2.45) is 0 Å². The van der Waals surface area contributed by atoms with Crippen molar-refractivity contribution in [1.82, 2.24) is 0 Å². The number of nitrogens with zero attached hydrogens (tertiary/aromatic N) is 1. The summed E-state index contributed by atoms with van der Waals surface area (Å²) in [5.74, 6) is -1.26. The Morgan fingerprint density at radius 2 is 1.27 bits per heavy atom. The Morgan fingerprint density at radius 1 is 0.730 bits per heavy atom. The first-order chi connectivity index (χ1) is 17.6. The third kappa shape index (κ3) is 6.25. The second-order valence-corrected chi connectivity index (χ2v) is 11.9. The van der Waals surface area contributed by atoms with Gasteiger partial charge in [-0.25, -0.2) is 13.2 Å². The first kappa shape index (κ1) is 27.3. The van der Waals surface area contributed by atoms with Gasteiger partial charge < -0.3 is 4.74 Å². The molecule has 0 aliphatic heterocycles. The van der Waals surface area contributed by atoms with E-state index in [4.69, 9.17) is 27.9 Å². The molecule has 11 heteroatoms. The van der Waals surface area contributed by atoms with Gasteiger partial charge in [-0.05, 0) is 107 Å². The summed E-state index contributed by atoms with van der Waals surface area (Å²) in [5, 5.41) is 0.872. The molecule has 0 N–H and O–H groups in total. The predicted molar refractivity (Wildman–Crippen MR) is 150 cm³/mol. The van der Waals surface area contributed by atoms with Crippen molar-refractivity contribution >= 4 is 82.6 Å². The van der Waals surface area contributed by atoms with E-state index in [1.807, 2.05) is 0 Å². The first-order valence-corrected chi connectivity index (χ1v) is 14.2. The molecule has 0 saturated carbocycles. The summed E-state index contributed by atoms with van der Waals surface area (Å²) in [6.45, 7) is 0. The van der Waals surface area contributed by atoms with Crippen LogP contribution in [-0.2, 0) is 10.0 Å². The quantitative estimate of drug-likeness (QED) is 0.153. The maximum atomic E-state index is 13.8. The summed E-state index contributed by atoms with van der Waals surface area (Å²) in [6, 6.07) is 22.2. The van der Waals surface area contributed by atoms with Crippen molar-refractivity contribution in [3.8, 4) is 5.75 Å². The Hall–Kier alpha value is -2.69. The van der Waals surface area contributed by atoms with Gasteiger partial charge in [0.1, 0.15) is 10.6 Å². The summed E-state index contributed by atoms with van der Waals surface area (Å²) in [7, 11) is -4.39. The van der Waals surface area contributed by atoms with Crippen LogP contribution in [0, 0.1) is 0 Å². The number of anilines is 1. The Morgan fingerprint density at radius 3 is 1.84 bits per heavy atom. The molecule has 4 aromatic rings. The van der Waals surface area contributed by atoms with E-state index in [1.54, 1.807) is 24.3 Å². The highest BCUT2D eigenvalue weighted by Gasteiger charge is 2.33. The van der Waals surface area contributed by atoms with Crippen LogP contribution in [0.1, 0.15) is 20.7 Å². The second kappa shape index (κ2) is 11.4. The Kier molecular flexibility index (Phi) is 8.40. The van der Waals surface area contributed by atoms with E-state index in [2.05, 4.69) is 31.9 Å². The number of hydrogen-bond acceptors (Lipinski definition) is 5. The van der Waals surface area contributed by atoms with Crippen LogP contribution in [0.5, 0.6) is 5.75 Å². The SMILES string of the molecule is O=C(Oc1ccc(N(C(=O)c2ccc(Cl)cc2)S(=O)(=O)c2cc(Br)ccc2Br)cc1)c1ccc(Cl)cc1. The van der Waals surface area contributed by atoms with Crippen molar-refractivity contribution in [2.75, 3.05) is 4.31 Å². The van der Waals surface area contributed by atoms with Crippen molar-refractivity contribution in [1.29, 1.82) is 0 Å². The number of hydrogen-bond donors (Lipinski definition) is 0. The lowest BCUT2D eigenvalue weighted by Gasteiger charge is -2.24. The van der Waals surface area contributed by atoms with E-state index < -0.39 is 21.9 Å². The van der Waals surface area contributed by atoms with E-state index >= 15 is 0 Å². The van der Waals surface area contributed by atoms with E-state index in [0.717, 1.165) is 0 Å². The average molecular weight is 684 g/mol. The highest BCUT2D eigenvalue weighted by molar-refractivity contribution is 9.11. The zero-order valence-electron chi connectivity index (χ0n) is 18.6. The summed E-state index contributed by atoms with van der Waals surface area (Å²) in [5.41, 5.74) is 0.436. The Bertz CT molecular complexity index is 1580.